The molecule has 0 unspecified atom stereocenters. The predicted octanol–water partition coefficient (Wildman–Crippen LogP) is 2.18. The molecule has 0 bridgehead atoms. The van der Waals surface area contributed by atoms with Crippen molar-refractivity contribution in [3.63, 3.8) is 0 Å². The Bertz CT molecular complexity index is 649. The molecular weight excluding hydrogens is 303 g/mol. The van der Waals surface area contributed by atoms with Gasteiger partial charge in [0.25, 0.3) is 0 Å². The smallest absolute Gasteiger partial charge is 0.357 e. The number of amides is 1. The van der Waals surface area contributed by atoms with Crippen LogP contribution in [0.4, 0.5) is 24.9 Å². The molecule has 2 rings (SSSR count). The van der Waals surface area contributed by atoms with E-state index in [2.05, 4.69) is 20.9 Å². The van der Waals surface area contributed by atoms with Gasteiger partial charge in [-0.3, -0.25) is 14.8 Å². The number of aryl methyl sites for hydroxylation is 1. The van der Waals surface area contributed by atoms with Crippen molar-refractivity contribution in [3.8, 4) is 0 Å². The summed E-state index contributed by atoms with van der Waals surface area (Å²) in [6, 6.07) is 2.18. The molecule has 10 heteroatoms. The Hall–Kier alpha value is -2.52. The number of aromatic nitrogens is 3. The van der Waals surface area contributed by atoms with Crippen LogP contribution in [0.25, 0.3) is 0 Å². The van der Waals surface area contributed by atoms with Gasteiger partial charge in [0.1, 0.15) is 18.4 Å². The second-order valence-electron chi connectivity index (χ2n) is 4.70. The third-order valence-electron chi connectivity index (χ3n) is 2.61. The number of carbonyl (C=O) groups is 1. The number of hydrogen-bond donors (Lipinski definition) is 2. The molecular formula is C12H14F3N5O2. The van der Waals surface area contributed by atoms with E-state index in [0.717, 1.165) is 4.68 Å². The zero-order chi connectivity index (χ0) is 16.3. The minimum Gasteiger partial charge on any atom is -0.357 e. The molecule has 1 atom stereocenters. The molecule has 0 saturated heterocycles. The first-order valence-corrected chi connectivity index (χ1v) is 6.34. The van der Waals surface area contributed by atoms with Crippen molar-refractivity contribution < 1.29 is 22.5 Å². The number of halogens is 3. The Morgan fingerprint density at radius 3 is 2.82 bits per heavy atom. The summed E-state index contributed by atoms with van der Waals surface area (Å²) >= 11 is 0. The average molecular weight is 317 g/mol. The molecule has 0 spiro atoms. The van der Waals surface area contributed by atoms with Crippen LogP contribution in [0.5, 0.6) is 0 Å². The van der Waals surface area contributed by atoms with E-state index >= 15 is 0 Å². The molecule has 7 nitrogen and oxygen atoms in total. The summed E-state index contributed by atoms with van der Waals surface area (Å²) in [5.74, 6) is -0.0686. The Morgan fingerprint density at radius 1 is 1.50 bits per heavy atom. The number of anilines is 2. The normalized spacial score (nSPS) is 13.0. The number of alkyl halides is 3. The maximum atomic E-state index is 12.2. The third kappa shape index (κ3) is 4.50. The molecule has 0 saturated carbocycles. The maximum absolute atomic E-state index is 12.2. The second-order valence-corrected chi connectivity index (χ2v) is 4.70. The van der Waals surface area contributed by atoms with Crippen molar-refractivity contribution in [3.05, 3.63) is 24.0 Å². The van der Waals surface area contributed by atoms with E-state index in [-0.39, 0.29) is 11.7 Å². The minimum absolute atomic E-state index is 0.167. The van der Waals surface area contributed by atoms with Crippen LogP contribution in [0.2, 0.25) is 0 Å². The fourth-order valence-corrected chi connectivity index (χ4v) is 1.65. The summed E-state index contributed by atoms with van der Waals surface area (Å²) in [5, 5.41) is 12.5. The Balaban J connectivity index is 1.91. The van der Waals surface area contributed by atoms with E-state index in [0.29, 0.717) is 5.69 Å². The first kappa shape index (κ1) is 15.9. The zero-order valence-electron chi connectivity index (χ0n) is 11.8. The van der Waals surface area contributed by atoms with E-state index in [4.69, 9.17) is 4.52 Å². The van der Waals surface area contributed by atoms with Gasteiger partial charge in [0.05, 0.1) is 5.69 Å². The fourth-order valence-electron chi connectivity index (χ4n) is 1.65. The van der Waals surface area contributed by atoms with Gasteiger partial charge in [-0.15, -0.1) is 0 Å². The van der Waals surface area contributed by atoms with Crippen LogP contribution in [0.15, 0.2) is 22.9 Å². The molecule has 2 aromatic rings. The third-order valence-corrected chi connectivity index (χ3v) is 2.61. The summed E-state index contributed by atoms with van der Waals surface area (Å²) in [6.45, 7) is 2.06. The Labute approximate surface area is 123 Å². The van der Waals surface area contributed by atoms with Crippen molar-refractivity contribution in [2.75, 3.05) is 10.6 Å². The van der Waals surface area contributed by atoms with Gasteiger partial charge < -0.3 is 9.84 Å². The number of nitrogens with zero attached hydrogens (tertiary/aromatic N) is 3. The lowest BCUT2D eigenvalue weighted by molar-refractivity contribution is -0.142. The minimum atomic E-state index is -4.35. The largest absolute Gasteiger partial charge is 0.408 e. The monoisotopic (exact) mass is 317 g/mol. The van der Waals surface area contributed by atoms with E-state index in [1.807, 2.05) is 0 Å². The van der Waals surface area contributed by atoms with Gasteiger partial charge in [0.2, 0.25) is 11.8 Å². The summed E-state index contributed by atoms with van der Waals surface area (Å²) < 4.78 is 42.3. The lowest BCUT2D eigenvalue weighted by Crippen LogP contribution is -2.32. The highest BCUT2D eigenvalue weighted by molar-refractivity contribution is 5.95. The Morgan fingerprint density at radius 2 is 2.23 bits per heavy atom. The molecule has 0 aromatic carbocycles. The summed E-state index contributed by atoms with van der Waals surface area (Å²) in [5.41, 5.74) is 0.613. The summed E-state index contributed by atoms with van der Waals surface area (Å²) in [4.78, 5) is 11.9. The van der Waals surface area contributed by atoms with Crippen LogP contribution >= 0.6 is 0 Å². The standard InChI is InChI=1S/C12H14F3N5O2/c1-7-5-10(22-19-7)17-11(21)8(2)16-9-3-4-20(18-9)6-12(13,14)15/h3-5,8H,6H2,1-2H3,(H,16,18)(H,17,21)/t8-/m0/s1. The SMILES string of the molecule is Cc1cc(NC(=O)[C@H](C)Nc2ccn(CC(F)(F)F)n2)on1. The van der Waals surface area contributed by atoms with Crippen molar-refractivity contribution in [1.82, 2.24) is 14.9 Å². The highest BCUT2D eigenvalue weighted by Crippen LogP contribution is 2.18. The highest BCUT2D eigenvalue weighted by atomic mass is 19.4. The van der Waals surface area contributed by atoms with E-state index < -0.39 is 24.7 Å². The van der Waals surface area contributed by atoms with Gasteiger partial charge in [0, 0.05) is 18.3 Å². The number of rotatable bonds is 5. The summed E-state index contributed by atoms with van der Waals surface area (Å²) in [7, 11) is 0. The van der Waals surface area contributed by atoms with Crippen LogP contribution in [0.3, 0.4) is 0 Å². The second kappa shape index (κ2) is 6.08. The number of carbonyl (C=O) groups excluding carboxylic acids is 1. The van der Waals surface area contributed by atoms with Gasteiger partial charge in [-0.25, -0.2) is 0 Å². The molecule has 22 heavy (non-hydrogen) atoms. The van der Waals surface area contributed by atoms with E-state index in [1.54, 1.807) is 19.9 Å². The molecule has 2 N–H and O–H groups in total. The van der Waals surface area contributed by atoms with Gasteiger partial charge in [0.15, 0.2) is 0 Å². The van der Waals surface area contributed by atoms with Gasteiger partial charge >= 0.3 is 6.18 Å². The highest BCUT2D eigenvalue weighted by Gasteiger charge is 2.28. The van der Waals surface area contributed by atoms with Crippen LogP contribution in [-0.2, 0) is 11.3 Å². The van der Waals surface area contributed by atoms with Crippen LogP contribution < -0.4 is 10.6 Å². The molecule has 0 aliphatic heterocycles. The Kier molecular flexibility index (Phi) is 4.38. The van der Waals surface area contributed by atoms with Crippen molar-refractivity contribution in [2.45, 2.75) is 32.6 Å². The topological polar surface area (TPSA) is 85.0 Å². The predicted molar refractivity (Wildman–Crippen MR) is 71.2 cm³/mol. The van der Waals surface area contributed by atoms with Crippen molar-refractivity contribution in [2.24, 2.45) is 0 Å². The molecule has 0 fully saturated rings. The van der Waals surface area contributed by atoms with Gasteiger partial charge in [-0.05, 0) is 13.8 Å². The molecule has 1 amide bonds. The maximum Gasteiger partial charge on any atom is 0.408 e. The molecule has 2 aromatic heterocycles. The molecule has 0 aliphatic carbocycles. The van der Waals surface area contributed by atoms with Gasteiger partial charge in [-0.2, -0.15) is 18.3 Å². The van der Waals surface area contributed by atoms with Crippen molar-refractivity contribution >= 4 is 17.6 Å². The average Bonchev–Trinajstić information content (AvgIpc) is 2.97. The lowest BCUT2D eigenvalue weighted by atomic mass is 10.3. The number of nitrogens with one attached hydrogen (secondary N) is 2. The fraction of sp³-hybridized carbons (Fsp3) is 0.417. The molecule has 0 radical (unpaired) electrons. The molecule has 0 aliphatic rings. The van der Waals surface area contributed by atoms with Crippen LogP contribution in [0.1, 0.15) is 12.6 Å². The first-order valence-electron chi connectivity index (χ1n) is 6.34. The van der Waals surface area contributed by atoms with Crippen molar-refractivity contribution in [1.29, 1.82) is 0 Å². The molecule has 120 valence electrons. The summed E-state index contributed by atoms with van der Waals surface area (Å²) in [6.07, 6.45) is -3.17. The quantitative estimate of drug-likeness (QED) is 0.883. The zero-order valence-corrected chi connectivity index (χ0v) is 11.8. The first-order chi connectivity index (χ1) is 10.2. The van der Waals surface area contributed by atoms with E-state index in [9.17, 15) is 18.0 Å². The van der Waals surface area contributed by atoms with Gasteiger partial charge in [-0.1, -0.05) is 5.16 Å². The van der Waals surface area contributed by atoms with Crippen LogP contribution in [0, 0.1) is 6.92 Å². The van der Waals surface area contributed by atoms with E-state index in [1.165, 1.54) is 12.3 Å². The lowest BCUT2D eigenvalue weighted by Gasteiger charge is -2.12. The molecule has 2 heterocycles. The van der Waals surface area contributed by atoms with Crippen LogP contribution in [-0.4, -0.2) is 33.1 Å². The number of hydrogen-bond acceptors (Lipinski definition) is 5.